The Bertz CT molecular complexity index is 1170. The van der Waals surface area contributed by atoms with E-state index < -0.39 is 5.97 Å². The molecule has 1 fully saturated rings. The van der Waals surface area contributed by atoms with Crippen LogP contribution in [0.1, 0.15) is 54.3 Å². The number of amides is 1. The van der Waals surface area contributed by atoms with E-state index in [1.807, 2.05) is 32.0 Å². The van der Waals surface area contributed by atoms with Gasteiger partial charge in [0.05, 0.1) is 43.4 Å². The third-order valence-electron chi connectivity index (χ3n) is 5.80. The lowest BCUT2D eigenvalue weighted by molar-refractivity contribution is 0.0350. The zero-order chi connectivity index (χ0) is 24.8. The van der Waals surface area contributed by atoms with Gasteiger partial charge in [0.25, 0.3) is 5.91 Å². The molecule has 1 aromatic carbocycles. The van der Waals surface area contributed by atoms with Gasteiger partial charge in [-0.05, 0) is 51.8 Å². The van der Waals surface area contributed by atoms with E-state index in [1.54, 1.807) is 36.4 Å². The number of ether oxygens (including phenoxy) is 3. The number of likely N-dealkylation sites (tertiary alicyclic amines) is 1. The first-order valence-electron chi connectivity index (χ1n) is 11.8. The Balaban J connectivity index is 1.58. The van der Waals surface area contributed by atoms with Crippen LogP contribution in [-0.2, 0) is 4.74 Å². The molecular weight excluding hydrogens is 450 g/mol. The van der Waals surface area contributed by atoms with E-state index in [0.29, 0.717) is 36.6 Å². The Labute approximate surface area is 203 Å². The topological polar surface area (TPSA) is 109 Å². The number of carbonyl (C=O) groups excluding carboxylic acids is 2. The smallest absolute Gasteiger partial charge is 0.347 e. The first-order chi connectivity index (χ1) is 17.0. The summed E-state index contributed by atoms with van der Waals surface area (Å²) in [6, 6.07) is 8.86. The summed E-state index contributed by atoms with van der Waals surface area (Å²) < 4.78 is 17.0. The van der Waals surface area contributed by atoms with Crippen molar-refractivity contribution in [3.8, 4) is 17.3 Å². The summed E-state index contributed by atoms with van der Waals surface area (Å²) in [5, 5.41) is 8.35. The molecule has 3 aromatic rings. The fourth-order valence-corrected chi connectivity index (χ4v) is 4.12. The molecule has 0 unspecified atom stereocenters. The molecule has 3 heterocycles. The van der Waals surface area contributed by atoms with Crippen LogP contribution in [0.2, 0.25) is 0 Å². The molecule has 0 radical (unpaired) electrons. The van der Waals surface area contributed by atoms with Crippen LogP contribution in [0.25, 0.3) is 5.69 Å². The van der Waals surface area contributed by atoms with Gasteiger partial charge in [0.15, 0.2) is 5.56 Å². The summed E-state index contributed by atoms with van der Waals surface area (Å²) in [5.41, 5.74) is 1.26. The molecule has 35 heavy (non-hydrogen) atoms. The van der Waals surface area contributed by atoms with Crippen molar-refractivity contribution in [1.29, 1.82) is 0 Å². The number of benzene rings is 1. The number of esters is 1. The van der Waals surface area contributed by atoms with Crippen molar-refractivity contribution in [3.05, 3.63) is 60.0 Å². The molecule has 0 N–H and O–H groups in total. The zero-order valence-corrected chi connectivity index (χ0v) is 20.1. The summed E-state index contributed by atoms with van der Waals surface area (Å²) in [4.78, 5) is 33.8. The van der Waals surface area contributed by atoms with Gasteiger partial charge < -0.3 is 19.1 Å². The summed E-state index contributed by atoms with van der Waals surface area (Å²) in [6.07, 6.45) is 5.75. The summed E-state index contributed by atoms with van der Waals surface area (Å²) in [7, 11) is 0. The Hall–Kier alpha value is -3.95. The Morgan fingerprint density at radius 2 is 1.80 bits per heavy atom. The van der Waals surface area contributed by atoms with E-state index in [9.17, 15) is 9.59 Å². The fourth-order valence-electron chi connectivity index (χ4n) is 4.12. The van der Waals surface area contributed by atoms with Gasteiger partial charge in [-0.15, -0.1) is 0 Å². The number of para-hydroxylation sites is 1. The van der Waals surface area contributed by atoms with E-state index >= 15 is 0 Å². The van der Waals surface area contributed by atoms with Gasteiger partial charge in [-0.1, -0.05) is 12.1 Å². The van der Waals surface area contributed by atoms with E-state index in [1.165, 1.54) is 11.0 Å². The standard InChI is InChI=1S/C25H29N5O5/c1-4-33-21-12-13-26-23(22(21)25(32)34-5-2)35-18-11-10-17(3)29(16-18)24(31)19-8-6-7-9-20(19)30-27-14-15-28-30/h6-9,12-15,17-18H,4-5,10-11,16H2,1-3H3/t17-,18-/m1/s1. The monoisotopic (exact) mass is 479 g/mol. The van der Waals surface area contributed by atoms with Crippen LogP contribution in [0.15, 0.2) is 48.9 Å². The molecule has 1 aliphatic rings. The SMILES string of the molecule is CCOC(=O)c1c(OCC)ccnc1O[C@@H]1CC[C@@H](C)N(C(=O)c2ccccc2-n2nccn2)C1. The van der Waals surface area contributed by atoms with Crippen LogP contribution in [0.5, 0.6) is 11.6 Å². The average Bonchev–Trinajstić information content (AvgIpc) is 3.40. The highest BCUT2D eigenvalue weighted by Crippen LogP contribution is 2.31. The van der Waals surface area contributed by atoms with Gasteiger partial charge in [-0.3, -0.25) is 4.79 Å². The maximum absolute atomic E-state index is 13.6. The number of hydrogen-bond donors (Lipinski definition) is 0. The van der Waals surface area contributed by atoms with Gasteiger partial charge in [0, 0.05) is 12.2 Å². The van der Waals surface area contributed by atoms with Crippen molar-refractivity contribution in [2.45, 2.75) is 45.8 Å². The number of carbonyl (C=O) groups is 2. The lowest BCUT2D eigenvalue weighted by Crippen LogP contribution is -2.49. The molecule has 4 rings (SSSR count). The molecule has 1 amide bonds. The second-order valence-corrected chi connectivity index (χ2v) is 8.10. The lowest BCUT2D eigenvalue weighted by atomic mass is 9.99. The molecule has 10 nitrogen and oxygen atoms in total. The maximum Gasteiger partial charge on any atom is 0.347 e. The molecule has 0 spiro atoms. The van der Waals surface area contributed by atoms with Gasteiger partial charge in [-0.2, -0.15) is 15.0 Å². The molecule has 0 aliphatic carbocycles. The molecule has 2 atom stereocenters. The molecule has 10 heteroatoms. The number of pyridine rings is 1. The van der Waals surface area contributed by atoms with Crippen molar-refractivity contribution in [3.63, 3.8) is 0 Å². The number of piperidine rings is 1. The van der Waals surface area contributed by atoms with E-state index in [4.69, 9.17) is 14.2 Å². The minimum absolute atomic E-state index is 0.00762. The molecule has 184 valence electrons. The van der Waals surface area contributed by atoms with Gasteiger partial charge in [0.1, 0.15) is 11.9 Å². The van der Waals surface area contributed by atoms with E-state index in [2.05, 4.69) is 15.2 Å². The number of rotatable bonds is 8. The number of hydrogen-bond acceptors (Lipinski definition) is 8. The quantitative estimate of drug-likeness (QED) is 0.453. The average molecular weight is 480 g/mol. The first kappa shape index (κ1) is 24.2. The molecule has 2 aromatic heterocycles. The van der Waals surface area contributed by atoms with Gasteiger partial charge >= 0.3 is 5.97 Å². The Morgan fingerprint density at radius 1 is 1.03 bits per heavy atom. The van der Waals surface area contributed by atoms with Crippen LogP contribution in [0, 0.1) is 0 Å². The second-order valence-electron chi connectivity index (χ2n) is 8.10. The third-order valence-corrected chi connectivity index (χ3v) is 5.80. The maximum atomic E-state index is 13.6. The molecule has 0 bridgehead atoms. The zero-order valence-electron chi connectivity index (χ0n) is 20.1. The number of nitrogens with zero attached hydrogens (tertiary/aromatic N) is 5. The summed E-state index contributed by atoms with van der Waals surface area (Å²) >= 11 is 0. The van der Waals surface area contributed by atoms with Crippen molar-refractivity contribution in [1.82, 2.24) is 24.9 Å². The molecule has 1 saturated heterocycles. The lowest BCUT2D eigenvalue weighted by Gasteiger charge is -2.38. The van der Waals surface area contributed by atoms with Crippen molar-refractivity contribution in [2.75, 3.05) is 19.8 Å². The molecule has 0 saturated carbocycles. The Kier molecular flexibility index (Phi) is 7.59. The minimum atomic E-state index is -0.559. The van der Waals surface area contributed by atoms with Crippen molar-refractivity contribution in [2.24, 2.45) is 0 Å². The third kappa shape index (κ3) is 5.26. The van der Waals surface area contributed by atoms with Crippen LogP contribution < -0.4 is 9.47 Å². The molecule has 1 aliphatic heterocycles. The highest BCUT2D eigenvalue weighted by atomic mass is 16.5. The highest BCUT2D eigenvalue weighted by molar-refractivity contribution is 5.98. The normalized spacial score (nSPS) is 17.6. The van der Waals surface area contributed by atoms with E-state index in [0.717, 1.165) is 6.42 Å². The van der Waals surface area contributed by atoms with Gasteiger partial charge in [0.2, 0.25) is 5.88 Å². The highest BCUT2D eigenvalue weighted by Gasteiger charge is 2.33. The fraction of sp³-hybridized carbons (Fsp3) is 0.400. The summed E-state index contributed by atoms with van der Waals surface area (Å²) in [5.74, 6) is -0.201. The first-order valence-corrected chi connectivity index (χ1v) is 11.8. The van der Waals surface area contributed by atoms with Crippen LogP contribution in [0.3, 0.4) is 0 Å². The predicted molar refractivity (Wildman–Crippen MR) is 127 cm³/mol. The van der Waals surface area contributed by atoms with Crippen LogP contribution in [0.4, 0.5) is 0 Å². The predicted octanol–water partition coefficient (Wildman–Crippen LogP) is 3.31. The van der Waals surface area contributed by atoms with Crippen LogP contribution >= 0.6 is 0 Å². The number of aromatic nitrogens is 4. The Morgan fingerprint density at radius 3 is 2.54 bits per heavy atom. The second kappa shape index (κ2) is 11.0. The van der Waals surface area contributed by atoms with Crippen molar-refractivity contribution < 1.29 is 23.8 Å². The van der Waals surface area contributed by atoms with E-state index in [-0.39, 0.29) is 36.1 Å². The molecular formula is C25H29N5O5. The summed E-state index contributed by atoms with van der Waals surface area (Å²) in [6.45, 7) is 6.51. The largest absolute Gasteiger partial charge is 0.493 e. The van der Waals surface area contributed by atoms with Crippen molar-refractivity contribution >= 4 is 11.9 Å². The van der Waals surface area contributed by atoms with Crippen LogP contribution in [-0.4, -0.2) is 68.7 Å². The minimum Gasteiger partial charge on any atom is -0.493 e. The van der Waals surface area contributed by atoms with Gasteiger partial charge in [-0.25, -0.2) is 9.78 Å².